The molecule has 2 unspecified atom stereocenters. The monoisotopic (exact) mass is 272 g/mol. The lowest BCUT2D eigenvalue weighted by Crippen LogP contribution is -2.48. The molecular weight excluding hydrogens is 240 g/mol. The predicted octanol–water partition coefficient (Wildman–Crippen LogP) is 1.48. The molecule has 114 valence electrons. The maximum atomic E-state index is 9.70. The van der Waals surface area contributed by atoms with Gasteiger partial charge in [-0.15, -0.1) is 0 Å². The van der Waals surface area contributed by atoms with Crippen molar-refractivity contribution in [2.45, 2.75) is 51.6 Å². The quantitative estimate of drug-likeness (QED) is 0.667. The summed E-state index contributed by atoms with van der Waals surface area (Å²) < 4.78 is 5.23. The van der Waals surface area contributed by atoms with Crippen LogP contribution in [0.4, 0.5) is 0 Å². The van der Waals surface area contributed by atoms with E-state index in [1.807, 2.05) is 0 Å². The van der Waals surface area contributed by atoms with Crippen LogP contribution in [-0.2, 0) is 4.74 Å². The van der Waals surface area contributed by atoms with Crippen molar-refractivity contribution in [3.63, 3.8) is 0 Å². The number of rotatable bonds is 9. The van der Waals surface area contributed by atoms with E-state index < -0.39 is 0 Å². The highest BCUT2D eigenvalue weighted by molar-refractivity contribution is 4.99. The highest BCUT2D eigenvalue weighted by Crippen LogP contribution is 2.33. The number of hydrogen-bond acceptors (Lipinski definition) is 4. The number of aliphatic hydroxyl groups excluding tert-OH is 1. The van der Waals surface area contributed by atoms with E-state index >= 15 is 0 Å². The fraction of sp³-hybridized carbons (Fsp3) is 1.00. The summed E-state index contributed by atoms with van der Waals surface area (Å²) in [6, 6.07) is 0.573. The lowest BCUT2D eigenvalue weighted by atomic mass is 9.98. The van der Waals surface area contributed by atoms with E-state index in [0.717, 1.165) is 39.1 Å². The molecule has 4 heteroatoms. The summed E-state index contributed by atoms with van der Waals surface area (Å²) in [7, 11) is 1.76. The Hall–Kier alpha value is -0.160. The Balaban J connectivity index is 2.60. The molecule has 1 rings (SSSR count). The van der Waals surface area contributed by atoms with Gasteiger partial charge in [-0.05, 0) is 31.7 Å². The van der Waals surface area contributed by atoms with Gasteiger partial charge in [0.25, 0.3) is 0 Å². The number of nitrogens with zero attached hydrogens (tertiary/aromatic N) is 1. The average Bonchev–Trinajstić information content (AvgIpc) is 2.79. The van der Waals surface area contributed by atoms with Crippen LogP contribution in [0, 0.1) is 5.92 Å². The van der Waals surface area contributed by atoms with Gasteiger partial charge in [-0.25, -0.2) is 0 Å². The molecule has 0 amide bonds. The molecule has 1 aliphatic rings. The number of ether oxygens (including phenoxy) is 1. The normalized spacial score (nSPS) is 27.6. The summed E-state index contributed by atoms with van der Waals surface area (Å²) in [4.78, 5) is 2.54. The molecule has 0 saturated heterocycles. The summed E-state index contributed by atoms with van der Waals surface area (Å²) in [6.45, 7) is 10.7. The van der Waals surface area contributed by atoms with E-state index in [-0.39, 0.29) is 12.1 Å². The fourth-order valence-corrected chi connectivity index (χ4v) is 3.25. The summed E-state index contributed by atoms with van der Waals surface area (Å²) in [6.07, 6.45) is 3.29. The fourth-order valence-electron chi connectivity index (χ4n) is 3.25. The Morgan fingerprint density at radius 3 is 2.74 bits per heavy atom. The van der Waals surface area contributed by atoms with E-state index in [0.29, 0.717) is 12.0 Å². The molecule has 1 saturated carbocycles. The number of methoxy groups -OCH3 is 1. The Labute approximate surface area is 118 Å². The molecule has 0 radical (unpaired) electrons. The molecule has 0 bridgehead atoms. The van der Waals surface area contributed by atoms with Crippen molar-refractivity contribution >= 4 is 0 Å². The smallest absolute Gasteiger partial charge is 0.0613 e. The minimum absolute atomic E-state index is 0.0539. The maximum Gasteiger partial charge on any atom is 0.0613 e. The minimum atomic E-state index is -0.0539. The van der Waals surface area contributed by atoms with Crippen molar-refractivity contribution in [1.29, 1.82) is 0 Å². The first-order valence-electron chi connectivity index (χ1n) is 7.65. The maximum absolute atomic E-state index is 9.70. The molecule has 0 aromatic rings. The molecule has 2 atom stereocenters. The SMILES string of the molecule is CCNC1(CO)CCC(N(CCOC)CC(C)C)C1. The van der Waals surface area contributed by atoms with E-state index in [4.69, 9.17) is 4.74 Å². The second kappa shape index (κ2) is 8.20. The van der Waals surface area contributed by atoms with Gasteiger partial charge in [0, 0.05) is 31.8 Å². The van der Waals surface area contributed by atoms with Crippen LogP contribution in [0.3, 0.4) is 0 Å². The number of aliphatic hydroxyl groups is 1. The average molecular weight is 272 g/mol. The number of nitrogens with one attached hydrogen (secondary N) is 1. The van der Waals surface area contributed by atoms with Gasteiger partial charge < -0.3 is 15.2 Å². The number of hydrogen-bond donors (Lipinski definition) is 2. The van der Waals surface area contributed by atoms with Crippen molar-refractivity contribution in [2.24, 2.45) is 5.92 Å². The van der Waals surface area contributed by atoms with Gasteiger partial charge >= 0.3 is 0 Å². The zero-order valence-electron chi connectivity index (χ0n) is 13.1. The third-order valence-corrected chi connectivity index (χ3v) is 4.14. The zero-order valence-corrected chi connectivity index (χ0v) is 13.1. The van der Waals surface area contributed by atoms with Crippen molar-refractivity contribution in [3.8, 4) is 0 Å². The van der Waals surface area contributed by atoms with Crippen molar-refractivity contribution in [1.82, 2.24) is 10.2 Å². The molecule has 0 spiro atoms. The third kappa shape index (κ3) is 5.03. The Morgan fingerprint density at radius 1 is 1.47 bits per heavy atom. The van der Waals surface area contributed by atoms with E-state index in [1.165, 1.54) is 6.42 Å². The summed E-state index contributed by atoms with van der Waals surface area (Å²) in [5.74, 6) is 0.667. The molecule has 1 aliphatic carbocycles. The summed E-state index contributed by atoms with van der Waals surface area (Å²) in [5.41, 5.74) is -0.0539. The molecule has 0 aliphatic heterocycles. The third-order valence-electron chi connectivity index (χ3n) is 4.14. The second-order valence-electron chi connectivity index (χ2n) is 6.25. The molecule has 19 heavy (non-hydrogen) atoms. The molecule has 0 heterocycles. The standard InChI is InChI=1S/C15H32N2O2/c1-5-16-15(12-18)7-6-14(10-15)17(8-9-19-4)11-13(2)3/h13-14,16,18H,5-12H2,1-4H3. The molecule has 2 N–H and O–H groups in total. The first-order valence-corrected chi connectivity index (χ1v) is 7.65. The first-order chi connectivity index (χ1) is 9.06. The van der Waals surface area contributed by atoms with Gasteiger partial charge in [0.1, 0.15) is 0 Å². The topological polar surface area (TPSA) is 44.7 Å². The van der Waals surface area contributed by atoms with Crippen LogP contribution in [0.15, 0.2) is 0 Å². The lowest BCUT2D eigenvalue weighted by molar-refractivity contribution is 0.101. The first kappa shape index (κ1) is 16.9. The van der Waals surface area contributed by atoms with Crippen LogP contribution in [-0.4, -0.2) is 61.5 Å². The lowest BCUT2D eigenvalue weighted by Gasteiger charge is -2.33. The van der Waals surface area contributed by atoms with Gasteiger partial charge in [0.05, 0.1) is 13.2 Å². The Morgan fingerprint density at radius 2 is 2.21 bits per heavy atom. The van der Waals surface area contributed by atoms with Crippen LogP contribution in [0.1, 0.15) is 40.0 Å². The predicted molar refractivity (Wildman–Crippen MR) is 79.4 cm³/mol. The van der Waals surface area contributed by atoms with Crippen LogP contribution in [0.25, 0.3) is 0 Å². The van der Waals surface area contributed by atoms with E-state index in [2.05, 4.69) is 31.0 Å². The molecule has 0 aromatic carbocycles. The van der Waals surface area contributed by atoms with E-state index in [9.17, 15) is 5.11 Å². The Bertz CT molecular complexity index is 248. The molecular formula is C15H32N2O2. The summed E-state index contributed by atoms with van der Waals surface area (Å²) >= 11 is 0. The molecule has 4 nitrogen and oxygen atoms in total. The van der Waals surface area contributed by atoms with Crippen LogP contribution in [0.5, 0.6) is 0 Å². The molecule has 1 fully saturated rings. The van der Waals surface area contributed by atoms with Crippen molar-refractivity contribution < 1.29 is 9.84 Å². The van der Waals surface area contributed by atoms with Crippen LogP contribution >= 0.6 is 0 Å². The van der Waals surface area contributed by atoms with Crippen molar-refractivity contribution in [2.75, 3.05) is 40.0 Å². The van der Waals surface area contributed by atoms with Gasteiger partial charge in [0.15, 0.2) is 0 Å². The highest BCUT2D eigenvalue weighted by atomic mass is 16.5. The van der Waals surface area contributed by atoms with Crippen molar-refractivity contribution in [3.05, 3.63) is 0 Å². The minimum Gasteiger partial charge on any atom is -0.394 e. The van der Waals surface area contributed by atoms with Crippen LogP contribution in [0.2, 0.25) is 0 Å². The second-order valence-corrected chi connectivity index (χ2v) is 6.25. The van der Waals surface area contributed by atoms with Gasteiger partial charge in [-0.2, -0.15) is 0 Å². The van der Waals surface area contributed by atoms with Gasteiger partial charge in [-0.3, -0.25) is 4.90 Å². The highest BCUT2D eigenvalue weighted by Gasteiger charge is 2.40. The van der Waals surface area contributed by atoms with Crippen LogP contribution < -0.4 is 5.32 Å². The van der Waals surface area contributed by atoms with Gasteiger partial charge in [0.2, 0.25) is 0 Å². The number of likely N-dealkylation sites (N-methyl/N-ethyl adjacent to an activating group) is 1. The van der Waals surface area contributed by atoms with Gasteiger partial charge in [-0.1, -0.05) is 20.8 Å². The largest absolute Gasteiger partial charge is 0.394 e. The molecule has 0 aromatic heterocycles. The summed E-state index contributed by atoms with van der Waals surface area (Å²) in [5, 5.41) is 13.2. The Kier molecular flexibility index (Phi) is 7.29. The van der Waals surface area contributed by atoms with E-state index in [1.54, 1.807) is 7.11 Å². The zero-order chi connectivity index (χ0) is 14.3.